The van der Waals surface area contributed by atoms with Gasteiger partial charge in [0.1, 0.15) is 12.6 Å². The molecule has 0 saturated carbocycles. The number of carbonyl (C=O) groups excluding carboxylic acids is 2. The topological polar surface area (TPSA) is 114 Å². The van der Waals surface area contributed by atoms with Gasteiger partial charge < -0.3 is 25.2 Å². The molecule has 0 radical (unpaired) electrons. The Hall–Kier alpha value is -3.39. The summed E-state index contributed by atoms with van der Waals surface area (Å²) in [5, 5.41) is 13.9. The van der Waals surface area contributed by atoms with Crippen LogP contribution in [0.5, 0.6) is 0 Å². The van der Waals surface area contributed by atoms with Crippen molar-refractivity contribution in [1.29, 1.82) is 0 Å². The number of fused-ring (bicyclic) bond motifs is 3. The van der Waals surface area contributed by atoms with Crippen molar-refractivity contribution in [2.75, 3.05) is 20.3 Å². The highest BCUT2D eigenvalue weighted by atomic mass is 16.5. The lowest BCUT2D eigenvalue weighted by Gasteiger charge is -2.21. The van der Waals surface area contributed by atoms with Crippen molar-refractivity contribution in [3.63, 3.8) is 0 Å². The zero-order valence-corrected chi connectivity index (χ0v) is 17.5. The standard InChI is InChI=1S/C23H26N2O6/c1-14(11-21(26)27)24-22(28)20(13-30-2)25-23(29)31-12-19-17-9-5-3-7-15(17)16-8-4-6-10-18(16)19/h3-10,14,19-20H,11-13H2,1-2H3,(H,24,28)(H,25,29)(H,26,27)/t14-,20?/m0/s1. The van der Waals surface area contributed by atoms with Crippen molar-refractivity contribution in [3.05, 3.63) is 59.7 Å². The Balaban J connectivity index is 1.62. The third kappa shape index (κ3) is 5.40. The first-order valence-corrected chi connectivity index (χ1v) is 10.0. The van der Waals surface area contributed by atoms with E-state index in [1.54, 1.807) is 6.92 Å². The van der Waals surface area contributed by atoms with Gasteiger partial charge in [0.2, 0.25) is 5.91 Å². The zero-order valence-electron chi connectivity index (χ0n) is 17.5. The first-order valence-electron chi connectivity index (χ1n) is 10.0. The molecule has 2 amide bonds. The summed E-state index contributed by atoms with van der Waals surface area (Å²) in [4.78, 5) is 35.6. The average Bonchev–Trinajstić information content (AvgIpc) is 3.05. The third-order valence-electron chi connectivity index (χ3n) is 5.16. The van der Waals surface area contributed by atoms with Gasteiger partial charge in [0.25, 0.3) is 0 Å². The van der Waals surface area contributed by atoms with E-state index >= 15 is 0 Å². The minimum absolute atomic E-state index is 0.0736. The summed E-state index contributed by atoms with van der Waals surface area (Å²) >= 11 is 0. The largest absolute Gasteiger partial charge is 0.481 e. The first kappa shape index (κ1) is 22.3. The van der Waals surface area contributed by atoms with Crippen LogP contribution in [0.25, 0.3) is 11.1 Å². The molecular weight excluding hydrogens is 400 g/mol. The Kier molecular flexibility index (Phi) is 7.25. The Morgan fingerprint density at radius 2 is 1.58 bits per heavy atom. The molecule has 3 rings (SSSR count). The second-order valence-corrected chi connectivity index (χ2v) is 7.49. The number of methoxy groups -OCH3 is 1. The summed E-state index contributed by atoms with van der Waals surface area (Å²) in [6, 6.07) is 14.4. The molecule has 0 bridgehead atoms. The predicted molar refractivity (Wildman–Crippen MR) is 114 cm³/mol. The van der Waals surface area contributed by atoms with Gasteiger partial charge in [-0.25, -0.2) is 4.79 Å². The molecule has 2 atom stereocenters. The predicted octanol–water partition coefficient (Wildman–Crippen LogP) is 2.52. The molecule has 2 aromatic rings. The van der Waals surface area contributed by atoms with Gasteiger partial charge in [-0.15, -0.1) is 0 Å². The molecule has 0 heterocycles. The van der Waals surface area contributed by atoms with Crippen LogP contribution in [0.3, 0.4) is 0 Å². The fourth-order valence-electron chi connectivity index (χ4n) is 3.79. The van der Waals surface area contributed by atoms with Gasteiger partial charge >= 0.3 is 12.1 Å². The Bertz CT molecular complexity index is 915. The number of carbonyl (C=O) groups is 3. The summed E-state index contributed by atoms with van der Waals surface area (Å²) < 4.78 is 10.5. The summed E-state index contributed by atoms with van der Waals surface area (Å²) in [6.07, 6.45) is -0.971. The average molecular weight is 426 g/mol. The van der Waals surface area contributed by atoms with E-state index in [0.717, 1.165) is 22.3 Å². The van der Waals surface area contributed by atoms with Crippen molar-refractivity contribution in [3.8, 4) is 11.1 Å². The van der Waals surface area contributed by atoms with E-state index < -0.39 is 30.1 Å². The van der Waals surface area contributed by atoms with Crippen LogP contribution < -0.4 is 10.6 Å². The maximum Gasteiger partial charge on any atom is 0.407 e. The lowest BCUT2D eigenvalue weighted by molar-refractivity contribution is -0.137. The van der Waals surface area contributed by atoms with Crippen molar-refractivity contribution < 1.29 is 29.0 Å². The van der Waals surface area contributed by atoms with E-state index in [2.05, 4.69) is 10.6 Å². The highest BCUT2D eigenvalue weighted by molar-refractivity contribution is 5.86. The number of carboxylic acid groups (broad SMARTS) is 1. The van der Waals surface area contributed by atoms with E-state index in [1.807, 2.05) is 48.5 Å². The lowest BCUT2D eigenvalue weighted by atomic mass is 9.98. The zero-order chi connectivity index (χ0) is 22.4. The number of nitrogens with one attached hydrogen (secondary N) is 2. The smallest absolute Gasteiger partial charge is 0.407 e. The molecule has 8 nitrogen and oxygen atoms in total. The molecule has 31 heavy (non-hydrogen) atoms. The van der Waals surface area contributed by atoms with E-state index in [4.69, 9.17) is 14.6 Å². The van der Waals surface area contributed by atoms with E-state index in [0.29, 0.717) is 0 Å². The molecule has 1 aliphatic carbocycles. The van der Waals surface area contributed by atoms with Crippen LogP contribution in [0.1, 0.15) is 30.4 Å². The molecule has 164 valence electrons. The second kappa shape index (κ2) is 10.1. The number of carboxylic acids is 1. The van der Waals surface area contributed by atoms with Gasteiger partial charge in [-0.05, 0) is 29.2 Å². The molecule has 1 aliphatic rings. The SMILES string of the molecule is COCC(NC(=O)OCC1c2ccccc2-c2ccccc21)C(=O)N[C@@H](C)CC(=O)O. The summed E-state index contributed by atoms with van der Waals surface area (Å²) in [6.45, 7) is 1.62. The number of rotatable bonds is 9. The second-order valence-electron chi connectivity index (χ2n) is 7.49. The highest BCUT2D eigenvalue weighted by Gasteiger charge is 2.30. The van der Waals surface area contributed by atoms with Gasteiger partial charge in [0.15, 0.2) is 0 Å². The Morgan fingerprint density at radius 1 is 1.00 bits per heavy atom. The van der Waals surface area contributed by atoms with Crippen LogP contribution in [-0.2, 0) is 19.1 Å². The monoisotopic (exact) mass is 426 g/mol. The van der Waals surface area contributed by atoms with E-state index in [-0.39, 0.29) is 25.6 Å². The number of aliphatic carboxylic acids is 1. The van der Waals surface area contributed by atoms with Crippen molar-refractivity contribution >= 4 is 18.0 Å². The molecule has 8 heteroatoms. The van der Waals surface area contributed by atoms with Gasteiger partial charge in [-0.2, -0.15) is 0 Å². The van der Waals surface area contributed by atoms with Crippen LogP contribution >= 0.6 is 0 Å². The molecule has 1 unspecified atom stereocenters. The van der Waals surface area contributed by atoms with Crippen molar-refractivity contribution in [2.24, 2.45) is 0 Å². The first-order chi connectivity index (χ1) is 14.9. The number of ether oxygens (including phenoxy) is 2. The fraction of sp³-hybridized carbons (Fsp3) is 0.348. The van der Waals surface area contributed by atoms with E-state index in [1.165, 1.54) is 7.11 Å². The molecule has 0 aromatic heterocycles. The summed E-state index contributed by atoms with van der Waals surface area (Å²) in [5.74, 6) is -1.66. The van der Waals surface area contributed by atoms with Gasteiger partial charge in [0, 0.05) is 19.1 Å². The minimum Gasteiger partial charge on any atom is -0.481 e. The number of benzene rings is 2. The molecule has 3 N–H and O–H groups in total. The Morgan fingerprint density at radius 3 is 2.13 bits per heavy atom. The van der Waals surface area contributed by atoms with Crippen molar-refractivity contribution in [2.45, 2.75) is 31.3 Å². The summed E-state index contributed by atoms with van der Waals surface area (Å²) in [7, 11) is 1.40. The molecule has 2 aromatic carbocycles. The maximum absolute atomic E-state index is 12.4. The Labute approximate surface area is 180 Å². The molecule has 0 fully saturated rings. The number of hydrogen-bond acceptors (Lipinski definition) is 5. The molecule has 0 spiro atoms. The van der Waals surface area contributed by atoms with Gasteiger partial charge in [0.05, 0.1) is 13.0 Å². The van der Waals surface area contributed by atoms with Crippen LogP contribution in [0.15, 0.2) is 48.5 Å². The lowest BCUT2D eigenvalue weighted by Crippen LogP contribution is -2.51. The maximum atomic E-state index is 12.4. The third-order valence-corrected chi connectivity index (χ3v) is 5.16. The van der Waals surface area contributed by atoms with Crippen LogP contribution in [0, 0.1) is 0 Å². The van der Waals surface area contributed by atoms with Crippen LogP contribution in [0.2, 0.25) is 0 Å². The van der Waals surface area contributed by atoms with E-state index in [9.17, 15) is 14.4 Å². The molecule has 0 saturated heterocycles. The minimum atomic E-state index is -1.03. The number of alkyl carbamates (subject to hydrolysis) is 1. The summed E-state index contributed by atoms with van der Waals surface area (Å²) in [5.41, 5.74) is 4.42. The van der Waals surface area contributed by atoms with Gasteiger partial charge in [-0.1, -0.05) is 48.5 Å². The quantitative estimate of drug-likeness (QED) is 0.568. The fourth-order valence-corrected chi connectivity index (χ4v) is 3.79. The highest BCUT2D eigenvalue weighted by Crippen LogP contribution is 2.44. The van der Waals surface area contributed by atoms with Crippen molar-refractivity contribution in [1.82, 2.24) is 10.6 Å². The molecule has 0 aliphatic heterocycles. The van der Waals surface area contributed by atoms with Crippen LogP contribution in [-0.4, -0.2) is 55.5 Å². The number of amides is 2. The number of hydrogen-bond donors (Lipinski definition) is 3. The normalized spacial score (nSPS) is 14.1. The molecular formula is C23H26N2O6. The van der Waals surface area contributed by atoms with Gasteiger partial charge in [-0.3, -0.25) is 9.59 Å². The van der Waals surface area contributed by atoms with Crippen LogP contribution in [0.4, 0.5) is 4.79 Å².